The van der Waals surface area contributed by atoms with Crippen LogP contribution in [0.3, 0.4) is 0 Å². The lowest BCUT2D eigenvalue weighted by atomic mass is 10.1. The van der Waals surface area contributed by atoms with Gasteiger partial charge < -0.3 is 4.74 Å². The van der Waals surface area contributed by atoms with E-state index in [4.69, 9.17) is 4.74 Å². The van der Waals surface area contributed by atoms with Crippen LogP contribution in [0.4, 0.5) is 5.95 Å². The molecular formula is C15H16BrN3O2. The van der Waals surface area contributed by atoms with Gasteiger partial charge in [0, 0.05) is 12.4 Å². The number of hydrogen-bond donors (Lipinski definition) is 1. The summed E-state index contributed by atoms with van der Waals surface area (Å²) in [7, 11) is 0. The number of aromatic nitrogens is 2. The van der Waals surface area contributed by atoms with Crippen molar-refractivity contribution < 1.29 is 9.53 Å². The van der Waals surface area contributed by atoms with Crippen molar-refractivity contribution in [3.05, 3.63) is 45.7 Å². The predicted molar refractivity (Wildman–Crippen MR) is 84.5 cm³/mol. The number of nitrogens with zero attached hydrogens (tertiary/aromatic N) is 2. The summed E-state index contributed by atoms with van der Waals surface area (Å²) in [6, 6.07) is 4.01. The number of ether oxygens (including phenoxy) is 1. The van der Waals surface area contributed by atoms with Crippen LogP contribution in [0.1, 0.15) is 16.7 Å². The van der Waals surface area contributed by atoms with Crippen LogP contribution in [-0.2, 0) is 4.79 Å². The number of halogens is 1. The minimum Gasteiger partial charge on any atom is -0.483 e. The number of hydrogen-bond acceptors (Lipinski definition) is 4. The molecule has 0 bridgehead atoms. The van der Waals surface area contributed by atoms with Crippen molar-refractivity contribution >= 4 is 27.8 Å². The second kappa shape index (κ2) is 6.67. The maximum Gasteiger partial charge on any atom is 0.264 e. The van der Waals surface area contributed by atoms with Gasteiger partial charge >= 0.3 is 0 Å². The summed E-state index contributed by atoms with van der Waals surface area (Å²) in [5.41, 5.74) is 3.18. The van der Waals surface area contributed by atoms with Gasteiger partial charge in [0.15, 0.2) is 6.61 Å². The Morgan fingerprint density at radius 3 is 2.48 bits per heavy atom. The van der Waals surface area contributed by atoms with Crippen molar-refractivity contribution in [2.75, 3.05) is 11.9 Å². The van der Waals surface area contributed by atoms with Gasteiger partial charge in [0.05, 0.1) is 4.47 Å². The highest BCUT2D eigenvalue weighted by Crippen LogP contribution is 2.25. The molecule has 2 aromatic rings. The van der Waals surface area contributed by atoms with Gasteiger partial charge in [-0.3, -0.25) is 10.1 Å². The van der Waals surface area contributed by atoms with Gasteiger partial charge in [-0.2, -0.15) is 0 Å². The van der Waals surface area contributed by atoms with Gasteiger partial charge in [-0.15, -0.1) is 0 Å². The Labute approximate surface area is 131 Å². The summed E-state index contributed by atoms with van der Waals surface area (Å²) in [5, 5.41) is 2.59. The molecule has 6 heteroatoms. The topological polar surface area (TPSA) is 64.1 Å². The van der Waals surface area contributed by atoms with Gasteiger partial charge in [0.1, 0.15) is 5.75 Å². The van der Waals surface area contributed by atoms with Crippen LogP contribution in [0.5, 0.6) is 5.75 Å². The van der Waals surface area contributed by atoms with Crippen molar-refractivity contribution in [3.63, 3.8) is 0 Å². The lowest BCUT2D eigenvalue weighted by molar-refractivity contribution is -0.118. The maximum atomic E-state index is 11.9. The fourth-order valence-electron chi connectivity index (χ4n) is 1.82. The van der Waals surface area contributed by atoms with Crippen LogP contribution in [0.15, 0.2) is 29.0 Å². The molecule has 21 heavy (non-hydrogen) atoms. The number of anilines is 1. The highest BCUT2D eigenvalue weighted by atomic mass is 79.9. The molecule has 0 spiro atoms. The normalized spacial score (nSPS) is 10.3. The molecule has 0 aliphatic heterocycles. The average molecular weight is 350 g/mol. The number of carbonyl (C=O) groups excluding carboxylic acids is 1. The molecule has 110 valence electrons. The zero-order valence-electron chi connectivity index (χ0n) is 12.1. The highest BCUT2D eigenvalue weighted by molar-refractivity contribution is 9.10. The number of rotatable bonds is 4. The number of benzene rings is 1. The van der Waals surface area contributed by atoms with E-state index in [1.165, 1.54) is 0 Å². The van der Waals surface area contributed by atoms with Crippen LogP contribution < -0.4 is 10.1 Å². The Morgan fingerprint density at radius 2 is 1.81 bits per heavy atom. The first kappa shape index (κ1) is 15.4. The molecule has 0 radical (unpaired) electrons. The third kappa shape index (κ3) is 4.01. The first-order valence-electron chi connectivity index (χ1n) is 6.44. The smallest absolute Gasteiger partial charge is 0.264 e. The molecular weight excluding hydrogens is 334 g/mol. The van der Waals surface area contributed by atoms with E-state index >= 15 is 0 Å². The van der Waals surface area contributed by atoms with Gasteiger partial charge in [-0.1, -0.05) is 12.1 Å². The molecule has 0 fully saturated rings. The van der Waals surface area contributed by atoms with E-state index in [0.29, 0.717) is 0 Å². The summed E-state index contributed by atoms with van der Waals surface area (Å²) in [5.74, 6) is 0.712. The molecule has 1 aromatic carbocycles. The predicted octanol–water partition coefficient (Wildman–Crippen LogP) is 3.18. The number of amides is 1. The van der Waals surface area contributed by atoms with Gasteiger partial charge in [0.25, 0.3) is 5.91 Å². The van der Waals surface area contributed by atoms with E-state index in [9.17, 15) is 4.79 Å². The Hall–Kier alpha value is -1.95. The van der Waals surface area contributed by atoms with Crippen molar-refractivity contribution in [2.45, 2.75) is 20.8 Å². The lowest BCUT2D eigenvalue weighted by Crippen LogP contribution is -2.22. The number of carbonyl (C=O) groups is 1. The Morgan fingerprint density at radius 1 is 1.19 bits per heavy atom. The van der Waals surface area contributed by atoms with Gasteiger partial charge in [-0.05, 0) is 53.4 Å². The van der Waals surface area contributed by atoms with Crippen molar-refractivity contribution in [1.29, 1.82) is 0 Å². The van der Waals surface area contributed by atoms with Crippen molar-refractivity contribution in [2.24, 2.45) is 0 Å². The minimum absolute atomic E-state index is 0.0788. The zero-order chi connectivity index (χ0) is 15.4. The molecule has 0 aliphatic carbocycles. The maximum absolute atomic E-state index is 11.9. The molecule has 0 saturated carbocycles. The zero-order valence-corrected chi connectivity index (χ0v) is 13.7. The Bertz CT molecular complexity index is 657. The number of aryl methyl sites for hydroxylation is 2. The first-order valence-corrected chi connectivity index (χ1v) is 7.23. The summed E-state index contributed by atoms with van der Waals surface area (Å²) in [4.78, 5) is 19.8. The van der Waals surface area contributed by atoms with Crippen LogP contribution in [0.2, 0.25) is 0 Å². The van der Waals surface area contributed by atoms with Crippen molar-refractivity contribution in [1.82, 2.24) is 9.97 Å². The van der Waals surface area contributed by atoms with E-state index in [1.54, 1.807) is 12.4 Å². The molecule has 5 nitrogen and oxygen atoms in total. The highest BCUT2D eigenvalue weighted by Gasteiger charge is 2.10. The monoisotopic (exact) mass is 349 g/mol. The summed E-state index contributed by atoms with van der Waals surface area (Å²) < 4.78 is 6.38. The van der Waals surface area contributed by atoms with Gasteiger partial charge in [0.2, 0.25) is 5.95 Å². The van der Waals surface area contributed by atoms with E-state index in [2.05, 4.69) is 31.2 Å². The third-order valence-corrected chi connectivity index (χ3v) is 3.50. The molecule has 0 unspecified atom stereocenters. The number of nitrogens with one attached hydrogen (secondary N) is 1. The van der Waals surface area contributed by atoms with Crippen molar-refractivity contribution in [3.8, 4) is 5.75 Å². The van der Waals surface area contributed by atoms with Crippen LogP contribution in [0, 0.1) is 20.8 Å². The first-order chi connectivity index (χ1) is 9.97. The standard InChI is InChI=1S/C15H16BrN3O2/c1-9-4-5-10(2)14(11(9)3)21-8-13(20)19-15-17-6-12(16)7-18-15/h4-7H,8H2,1-3H3,(H,17,18,19,20). The van der Waals surface area contributed by atoms with E-state index < -0.39 is 0 Å². The Balaban J connectivity index is 1.98. The summed E-state index contributed by atoms with van der Waals surface area (Å²) in [6.45, 7) is 5.87. The van der Waals surface area contributed by atoms with Crippen LogP contribution in [0.25, 0.3) is 0 Å². The second-order valence-electron chi connectivity index (χ2n) is 4.72. The summed E-state index contributed by atoms with van der Waals surface area (Å²) >= 11 is 3.23. The largest absolute Gasteiger partial charge is 0.483 e. The Kier molecular flexibility index (Phi) is 4.90. The molecule has 2 rings (SSSR count). The van der Waals surface area contributed by atoms with E-state index in [-0.39, 0.29) is 18.5 Å². The second-order valence-corrected chi connectivity index (χ2v) is 5.63. The van der Waals surface area contributed by atoms with Crippen LogP contribution in [-0.4, -0.2) is 22.5 Å². The minimum atomic E-state index is -0.294. The lowest BCUT2D eigenvalue weighted by Gasteiger charge is -2.13. The van der Waals surface area contributed by atoms with E-state index in [1.807, 2.05) is 32.9 Å². The SMILES string of the molecule is Cc1ccc(C)c(OCC(=O)Nc2ncc(Br)cn2)c1C. The molecule has 0 atom stereocenters. The molecule has 0 aliphatic rings. The fourth-order valence-corrected chi connectivity index (χ4v) is 2.03. The molecule has 1 N–H and O–H groups in total. The molecule has 1 amide bonds. The van der Waals surface area contributed by atoms with Gasteiger partial charge in [-0.25, -0.2) is 9.97 Å². The molecule has 1 aromatic heterocycles. The van der Waals surface area contributed by atoms with E-state index in [0.717, 1.165) is 26.9 Å². The third-order valence-electron chi connectivity index (χ3n) is 3.09. The summed E-state index contributed by atoms with van der Waals surface area (Å²) in [6.07, 6.45) is 3.14. The molecule has 0 saturated heterocycles. The average Bonchev–Trinajstić information content (AvgIpc) is 2.45. The fraction of sp³-hybridized carbons (Fsp3) is 0.267. The van der Waals surface area contributed by atoms with Crippen LogP contribution >= 0.6 is 15.9 Å². The molecule has 1 heterocycles. The quantitative estimate of drug-likeness (QED) is 0.920.